The molecule has 106 valence electrons. The van der Waals surface area contributed by atoms with Gasteiger partial charge in [-0.15, -0.1) is 5.10 Å². The number of ether oxygens (including phenoxy) is 1. The number of aromatic nitrogens is 2. The molecule has 6 nitrogen and oxygen atoms in total. The van der Waals surface area contributed by atoms with E-state index in [-0.39, 0.29) is 11.6 Å². The number of aryl methyl sites for hydroxylation is 1. The zero-order chi connectivity index (χ0) is 15.0. The van der Waals surface area contributed by atoms with Gasteiger partial charge in [0.05, 0.1) is 4.92 Å². The summed E-state index contributed by atoms with van der Waals surface area (Å²) in [5.74, 6) is 0.491. The summed E-state index contributed by atoms with van der Waals surface area (Å²) in [6.45, 7) is 0. The van der Waals surface area contributed by atoms with Crippen LogP contribution >= 0.6 is 15.9 Å². The summed E-state index contributed by atoms with van der Waals surface area (Å²) in [6.07, 6.45) is 1.31. The van der Waals surface area contributed by atoms with Crippen molar-refractivity contribution in [2.24, 2.45) is 7.05 Å². The molecular weight excluding hydrogens is 338 g/mol. The van der Waals surface area contributed by atoms with Gasteiger partial charge in [0, 0.05) is 11.5 Å². The minimum Gasteiger partial charge on any atom is -0.433 e. The van der Waals surface area contributed by atoms with Gasteiger partial charge in [-0.1, -0.05) is 28.1 Å². The van der Waals surface area contributed by atoms with Crippen LogP contribution in [0.3, 0.4) is 0 Å². The molecule has 7 heteroatoms. The Hall–Kier alpha value is -2.41. The Morgan fingerprint density at radius 1 is 1.24 bits per heavy atom. The summed E-state index contributed by atoms with van der Waals surface area (Å²) in [5.41, 5.74) is -0.159. The van der Waals surface area contributed by atoms with E-state index in [9.17, 15) is 10.1 Å². The largest absolute Gasteiger partial charge is 0.433 e. The second-order valence-electron chi connectivity index (χ2n) is 4.51. The number of halogens is 1. The first-order valence-corrected chi connectivity index (χ1v) is 6.87. The predicted molar refractivity (Wildman–Crippen MR) is 81.6 cm³/mol. The van der Waals surface area contributed by atoms with Crippen LogP contribution in [-0.4, -0.2) is 14.7 Å². The van der Waals surface area contributed by atoms with Crippen molar-refractivity contribution in [2.75, 3.05) is 0 Å². The van der Waals surface area contributed by atoms with E-state index in [1.54, 1.807) is 13.1 Å². The molecule has 0 spiro atoms. The summed E-state index contributed by atoms with van der Waals surface area (Å²) in [5, 5.41) is 16.9. The maximum absolute atomic E-state index is 10.9. The fourth-order valence-corrected chi connectivity index (χ4v) is 2.40. The van der Waals surface area contributed by atoms with E-state index in [4.69, 9.17) is 4.74 Å². The Kier molecular flexibility index (Phi) is 3.34. The van der Waals surface area contributed by atoms with Crippen molar-refractivity contribution in [2.45, 2.75) is 0 Å². The van der Waals surface area contributed by atoms with Gasteiger partial charge in [-0.05, 0) is 35.0 Å². The van der Waals surface area contributed by atoms with Gasteiger partial charge in [-0.2, -0.15) is 0 Å². The third kappa shape index (κ3) is 2.73. The molecule has 3 aromatic rings. The van der Waals surface area contributed by atoms with Gasteiger partial charge in [-0.25, -0.2) is 0 Å². The number of rotatable bonds is 3. The van der Waals surface area contributed by atoms with Crippen LogP contribution in [0.1, 0.15) is 0 Å². The third-order valence-electron chi connectivity index (χ3n) is 2.96. The third-order valence-corrected chi connectivity index (χ3v) is 3.46. The lowest BCUT2D eigenvalue weighted by molar-refractivity contribution is -0.385. The van der Waals surface area contributed by atoms with E-state index < -0.39 is 4.92 Å². The van der Waals surface area contributed by atoms with Crippen LogP contribution in [-0.2, 0) is 7.05 Å². The highest BCUT2D eigenvalue weighted by Gasteiger charge is 2.20. The maximum atomic E-state index is 10.9. The number of nitro groups is 1. The average Bonchev–Trinajstić information content (AvgIpc) is 2.80. The number of hydrogen-bond acceptors (Lipinski definition) is 4. The van der Waals surface area contributed by atoms with Crippen LogP contribution in [0, 0.1) is 10.1 Å². The lowest BCUT2D eigenvalue weighted by atomic mass is 10.1. The molecule has 0 unspecified atom stereocenters. The van der Waals surface area contributed by atoms with Crippen LogP contribution in [0.4, 0.5) is 5.69 Å². The fourth-order valence-electron chi connectivity index (χ4n) is 2.02. The molecule has 0 bridgehead atoms. The normalized spacial score (nSPS) is 10.8. The van der Waals surface area contributed by atoms with Crippen molar-refractivity contribution in [3.63, 3.8) is 0 Å². The second kappa shape index (κ2) is 5.17. The van der Waals surface area contributed by atoms with Gasteiger partial charge in [0.15, 0.2) is 0 Å². The Morgan fingerprint density at radius 3 is 2.71 bits per heavy atom. The molecule has 0 fully saturated rings. The van der Waals surface area contributed by atoms with E-state index in [1.165, 1.54) is 10.9 Å². The molecule has 0 atom stereocenters. The molecule has 1 heterocycles. The summed E-state index contributed by atoms with van der Waals surface area (Å²) in [6, 6.07) is 11.3. The highest BCUT2D eigenvalue weighted by atomic mass is 79.9. The second-order valence-corrected chi connectivity index (χ2v) is 5.42. The van der Waals surface area contributed by atoms with Crippen molar-refractivity contribution in [1.82, 2.24) is 9.78 Å². The van der Waals surface area contributed by atoms with E-state index in [1.807, 2.05) is 30.3 Å². The van der Waals surface area contributed by atoms with Crippen LogP contribution in [0.2, 0.25) is 0 Å². The van der Waals surface area contributed by atoms with Gasteiger partial charge in [0.25, 0.3) is 0 Å². The van der Waals surface area contributed by atoms with Gasteiger partial charge < -0.3 is 4.74 Å². The monoisotopic (exact) mass is 347 g/mol. The predicted octanol–water partition coefficient (Wildman–Crippen LogP) is 4.04. The summed E-state index contributed by atoms with van der Waals surface area (Å²) < 4.78 is 7.89. The zero-order valence-corrected chi connectivity index (χ0v) is 12.6. The molecule has 0 aliphatic heterocycles. The van der Waals surface area contributed by atoms with Crippen LogP contribution in [0.15, 0.2) is 47.1 Å². The number of nitrogens with zero attached hydrogens (tertiary/aromatic N) is 3. The van der Waals surface area contributed by atoms with Crippen molar-refractivity contribution in [1.29, 1.82) is 0 Å². The number of benzene rings is 2. The highest BCUT2D eigenvalue weighted by molar-refractivity contribution is 9.10. The molecule has 2 aromatic carbocycles. The van der Waals surface area contributed by atoms with Crippen LogP contribution in [0.25, 0.3) is 10.8 Å². The van der Waals surface area contributed by atoms with E-state index in [0.29, 0.717) is 5.75 Å². The Morgan fingerprint density at radius 2 is 1.95 bits per heavy atom. The van der Waals surface area contributed by atoms with Crippen LogP contribution in [0.5, 0.6) is 11.6 Å². The fraction of sp³-hybridized carbons (Fsp3) is 0.0714. The Labute approximate surface area is 128 Å². The highest BCUT2D eigenvalue weighted by Crippen LogP contribution is 2.31. The van der Waals surface area contributed by atoms with Crippen molar-refractivity contribution >= 4 is 32.4 Å². The van der Waals surface area contributed by atoms with Crippen molar-refractivity contribution in [3.8, 4) is 11.6 Å². The van der Waals surface area contributed by atoms with Crippen molar-refractivity contribution in [3.05, 3.63) is 57.2 Å². The first-order valence-electron chi connectivity index (χ1n) is 6.08. The van der Waals surface area contributed by atoms with Gasteiger partial charge >= 0.3 is 11.6 Å². The molecule has 0 saturated heterocycles. The van der Waals surface area contributed by atoms with E-state index >= 15 is 0 Å². The number of fused-ring (bicyclic) bond motifs is 1. The molecule has 0 N–H and O–H groups in total. The molecule has 3 rings (SSSR count). The minimum atomic E-state index is -0.513. The van der Waals surface area contributed by atoms with E-state index in [2.05, 4.69) is 21.0 Å². The van der Waals surface area contributed by atoms with Gasteiger partial charge in [0.1, 0.15) is 11.9 Å². The molecule has 0 radical (unpaired) electrons. The molecule has 0 aliphatic carbocycles. The molecule has 0 amide bonds. The molecule has 21 heavy (non-hydrogen) atoms. The Balaban J connectivity index is 1.98. The molecular formula is C14H10BrN3O3. The quantitative estimate of drug-likeness (QED) is 0.529. The van der Waals surface area contributed by atoms with Gasteiger partial charge in [0.2, 0.25) is 0 Å². The number of hydrogen-bond donors (Lipinski definition) is 0. The van der Waals surface area contributed by atoms with Gasteiger partial charge in [-0.3, -0.25) is 14.8 Å². The topological polar surface area (TPSA) is 70.2 Å². The lowest BCUT2D eigenvalue weighted by Crippen LogP contribution is -1.91. The Bertz CT molecular complexity index is 845. The van der Waals surface area contributed by atoms with Crippen molar-refractivity contribution < 1.29 is 9.66 Å². The summed E-state index contributed by atoms with van der Waals surface area (Å²) >= 11 is 3.41. The smallest absolute Gasteiger partial charge is 0.350 e. The first kappa shape index (κ1) is 13.6. The SMILES string of the molecule is Cn1cc([N+](=O)[O-])c(Oc2ccc3cc(Br)ccc3c2)n1. The maximum Gasteiger partial charge on any atom is 0.350 e. The minimum absolute atomic E-state index is 0.0149. The van der Waals surface area contributed by atoms with Crippen LogP contribution < -0.4 is 4.74 Å². The summed E-state index contributed by atoms with van der Waals surface area (Å²) in [7, 11) is 1.61. The van der Waals surface area contributed by atoms with E-state index in [0.717, 1.165) is 15.2 Å². The molecule has 1 aromatic heterocycles. The lowest BCUT2D eigenvalue weighted by Gasteiger charge is -2.04. The summed E-state index contributed by atoms with van der Waals surface area (Å²) in [4.78, 5) is 10.4. The first-order chi connectivity index (χ1) is 10.0. The standard InChI is InChI=1S/C14H10BrN3O3/c1-17-8-13(18(19)20)14(16-17)21-12-5-3-9-6-11(15)4-2-10(9)7-12/h2-8H,1H3. The average molecular weight is 348 g/mol. The zero-order valence-electron chi connectivity index (χ0n) is 11.0. The molecule has 0 aliphatic rings. The molecule has 0 saturated carbocycles.